The number of hydrogen-bond acceptors (Lipinski definition) is 5. The predicted octanol–water partition coefficient (Wildman–Crippen LogP) is 6.41. The minimum atomic E-state index is -0.337. The van der Waals surface area contributed by atoms with Gasteiger partial charge in [-0.05, 0) is 67.6 Å². The van der Waals surface area contributed by atoms with E-state index >= 15 is 0 Å². The lowest BCUT2D eigenvalue weighted by molar-refractivity contribution is -0.122. The zero-order valence-electron chi connectivity index (χ0n) is 20.0. The molecule has 1 fully saturated rings. The molecular weight excluding hydrogens is 483 g/mol. The molecule has 2 heterocycles. The monoisotopic (exact) mass is 514 g/mol. The van der Waals surface area contributed by atoms with Gasteiger partial charge >= 0.3 is 0 Å². The summed E-state index contributed by atoms with van der Waals surface area (Å²) in [5.74, 6) is 0.367. The van der Waals surface area contributed by atoms with Gasteiger partial charge in [0.25, 0.3) is 0 Å². The number of amides is 1. The number of carbonyl (C=O) groups excluding carboxylic acids is 1. The Morgan fingerprint density at radius 2 is 2.06 bits per heavy atom. The first-order chi connectivity index (χ1) is 16.9. The summed E-state index contributed by atoms with van der Waals surface area (Å²) in [6.45, 7) is 3.58. The minimum absolute atomic E-state index is 0.0129. The third-order valence-corrected chi connectivity index (χ3v) is 8.36. The summed E-state index contributed by atoms with van der Waals surface area (Å²) >= 11 is 7.68. The Kier molecular flexibility index (Phi) is 7.44. The Morgan fingerprint density at radius 1 is 1.23 bits per heavy atom. The van der Waals surface area contributed by atoms with Gasteiger partial charge in [0.05, 0.1) is 10.2 Å². The number of thiazole rings is 1. The number of carbonyl (C=O) groups is 1. The highest BCUT2D eigenvalue weighted by molar-refractivity contribution is 7.22. The van der Waals surface area contributed by atoms with E-state index < -0.39 is 0 Å². The van der Waals surface area contributed by atoms with Crippen molar-refractivity contribution in [3.05, 3.63) is 52.8 Å². The van der Waals surface area contributed by atoms with E-state index in [-0.39, 0.29) is 23.8 Å². The number of hydrogen-bond donors (Lipinski definition) is 2. The molecule has 1 saturated carbocycles. The highest BCUT2D eigenvalue weighted by Gasteiger charge is 2.28. The number of aromatic nitrogens is 1. The van der Waals surface area contributed by atoms with Crippen LogP contribution < -0.4 is 15.5 Å². The topological polar surface area (TPSA) is 57.3 Å². The molecule has 5 rings (SSSR count). The third-order valence-electron chi connectivity index (χ3n) is 7.17. The number of rotatable bonds is 8. The van der Waals surface area contributed by atoms with E-state index in [0.29, 0.717) is 17.5 Å². The molecule has 2 N–H and O–H groups in total. The van der Waals surface area contributed by atoms with E-state index in [2.05, 4.69) is 15.5 Å². The summed E-state index contributed by atoms with van der Waals surface area (Å²) in [7, 11) is 0. The van der Waals surface area contributed by atoms with Crippen LogP contribution in [0, 0.1) is 11.7 Å². The Balaban J connectivity index is 1.26. The Morgan fingerprint density at radius 3 is 2.89 bits per heavy atom. The molecule has 1 aromatic heterocycles. The van der Waals surface area contributed by atoms with Crippen LogP contribution in [0.25, 0.3) is 10.2 Å². The second-order valence-electron chi connectivity index (χ2n) is 9.95. The lowest BCUT2D eigenvalue weighted by atomic mass is 9.84. The maximum absolute atomic E-state index is 13.6. The van der Waals surface area contributed by atoms with Crippen LogP contribution in [-0.4, -0.2) is 36.1 Å². The van der Waals surface area contributed by atoms with Gasteiger partial charge in [-0.15, -0.1) is 0 Å². The van der Waals surface area contributed by atoms with Gasteiger partial charge in [0, 0.05) is 29.8 Å². The Bertz CT molecular complexity index is 1200. The van der Waals surface area contributed by atoms with E-state index in [4.69, 9.17) is 16.6 Å². The smallest absolute Gasteiger partial charge is 0.242 e. The maximum atomic E-state index is 13.6. The van der Waals surface area contributed by atoms with Gasteiger partial charge in [0.2, 0.25) is 5.91 Å². The number of benzene rings is 2. The molecule has 0 spiro atoms. The SMILES string of the molecule is CC(CN1CCc2cc(F)ccc21)NC(=O)C(CC1CCCCC1)Nc1nc2ccc(Cl)cc2s1. The molecule has 2 aromatic carbocycles. The van der Waals surface area contributed by atoms with Crippen molar-refractivity contribution in [2.24, 2.45) is 5.92 Å². The molecular formula is C27H32ClFN4OS. The molecule has 8 heteroatoms. The van der Waals surface area contributed by atoms with Gasteiger partial charge in [0.15, 0.2) is 5.13 Å². The van der Waals surface area contributed by atoms with E-state index in [1.165, 1.54) is 49.5 Å². The first-order valence-corrected chi connectivity index (χ1v) is 13.8. The first-order valence-electron chi connectivity index (χ1n) is 12.6. The average molecular weight is 515 g/mol. The van der Waals surface area contributed by atoms with E-state index in [1.807, 2.05) is 31.2 Å². The van der Waals surface area contributed by atoms with Crippen molar-refractivity contribution in [3.63, 3.8) is 0 Å². The van der Waals surface area contributed by atoms with Crippen LogP contribution in [0.15, 0.2) is 36.4 Å². The van der Waals surface area contributed by atoms with Gasteiger partial charge in [-0.25, -0.2) is 9.37 Å². The van der Waals surface area contributed by atoms with Crippen LogP contribution in [0.5, 0.6) is 0 Å². The Labute approximate surface area is 215 Å². The van der Waals surface area contributed by atoms with Gasteiger partial charge in [-0.2, -0.15) is 0 Å². The lowest BCUT2D eigenvalue weighted by Gasteiger charge is -2.29. The second-order valence-corrected chi connectivity index (χ2v) is 11.4. The van der Waals surface area contributed by atoms with Gasteiger partial charge in [0.1, 0.15) is 11.9 Å². The molecule has 0 radical (unpaired) electrons. The standard InChI is InChI=1S/C27H32ClFN4OS/c1-17(16-33-12-11-19-14-21(29)8-10-24(19)33)30-26(34)23(13-18-5-3-2-4-6-18)32-27-31-22-9-7-20(28)15-25(22)35-27/h7-10,14-15,17-18,23H,2-6,11-13,16H2,1H3,(H,30,34)(H,31,32). The van der Waals surface area contributed by atoms with Crippen molar-refractivity contribution in [3.8, 4) is 0 Å². The van der Waals surface area contributed by atoms with E-state index in [1.54, 1.807) is 6.07 Å². The summed E-state index contributed by atoms with van der Waals surface area (Å²) in [5, 5.41) is 8.13. The Hall–Kier alpha value is -2.38. The number of nitrogens with zero attached hydrogens (tertiary/aromatic N) is 2. The molecule has 0 bridgehead atoms. The van der Waals surface area contributed by atoms with Crippen molar-refractivity contribution >= 4 is 49.9 Å². The molecule has 3 aromatic rings. The van der Waals surface area contributed by atoms with Gasteiger partial charge in [-0.1, -0.05) is 55.0 Å². The van der Waals surface area contributed by atoms with Crippen LogP contribution in [-0.2, 0) is 11.2 Å². The molecule has 2 unspecified atom stereocenters. The molecule has 2 atom stereocenters. The predicted molar refractivity (Wildman–Crippen MR) is 143 cm³/mol. The summed E-state index contributed by atoms with van der Waals surface area (Å²) < 4.78 is 14.6. The molecule has 1 aliphatic heterocycles. The van der Waals surface area contributed by atoms with E-state index in [9.17, 15) is 9.18 Å². The number of halogens is 2. The molecule has 35 heavy (non-hydrogen) atoms. The normalized spacial score (nSPS) is 17.9. The van der Waals surface area contributed by atoms with Crippen LogP contribution in [0.4, 0.5) is 15.2 Å². The molecule has 1 aliphatic carbocycles. The lowest BCUT2D eigenvalue weighted by Crippen LogP contribution is -2.48. The van der Waals surface area contributed by atoms with Crippen molar-refractivity contribution < 1.29 is 9.18 Å². The van der Waals surface area contributed by atoms with Crippen molar-refractivity contribution in [2.75, 3.05) is 23.3 Å². The fourth-order valence-electron chi connectivity index (χ4n) is 5.44. The van der Waals surface area contributed by atoms with Gasteiger partial charge < -0.3 is 15.5 Å². The summed E-state index contributed by atoms with van der Waals surface area (Å²) in [4.78, 5) is 20.4. The van der Waals surface area contributed by atoms with Crippen molar-refractivity contribution in [2.45, 2.75) is 64.0 Å². The third kappa shape index (κ3) is 5.89. The van der Waals surface area contributed by atoms with Crippen LogP contribution in [0.3, 0.4) is 0 Å². The van der Waals surface area contributed by atoms with Crippen molar-refractivity contribution in [1.29, 1.82) is 0 Å². The first kappa shape index (κ1) is 24.3. The van der Waals surface area contributed by atoms with Crippen LogP contribution in [0.2, 0.25) is 5.02 Å². The summed E-state index contributed by atoms with van der Waals surface area (Å²) in [6, 6.07) is 10.3. The zero-order valence-corrected chi connectivity index (χ0v) is 21.6. The largest absolute Gasteiger partial charge is 0.369 e. The molecule has 1 amide bonds. The van der Waals surface area contributed by atoms with Crippen LogP contribution >= 0.6 is 22.9 Å². The van der Waals surface area contributed by atoms with Crippen LogP contribution in [0.1, 0.15) is 51.0 Å². The van der Waals surface area contributed by atoms with Crippen molar-refractivity contribution in [1.82, 2.24) is 10.3 Å². The molecule has 0 saturated heterocycles. The minimum Gasteiger partial charge on any atom is -0.369 e. The quantitative estimate of drug-likeness (QED) is 0.365. The highest BCUT2D eigenvalue weighted by atomic mass is 35.5. The highest BCUT2D eigenvalue weighted by Crippen LogP contribution is 2.32. The van der Waals surface area contributed by atoms with Gasteiger partial charge in [-0.3, -0.25) is 4.79 Å². The summed E-state index contributed by atoms with van der Waals surface area (Å²) in [6.07, 6.45) is 7.77. The fraction of sp³-hybridized carbons (Fsp3) is 0.481. The molecule has 186 valence electrons. The second kappa shape index (κ2) is 10.7. The fourth-order valence-corrected chi connectivity index (χ4v) is 6.64. The number of anilines is 2. The molecule has 5 nitrogen and oxygen atoms in total. The summed E-state index contributed by atoms with van der Waals surface area (Å²) in [5.41, 5.74) is 2.99. The zero-order chi connectivity index (χ0) is 24.4. The number of fused-ring (bicyclic) bond motifs is 2. The number of nitrogens with one attached hydrogen (secondary N) is 2. The maximum Gasteiger partial charge on any atom is 0.242 e. The average Bonchev–Trinajstić information content (AvgIpc) is 3.41. The molecule has 2 aliphatic rings. The van der Waals surface area contributed by atoms with E-state index in [0.717, 1.165) is 46.0 Å².